The fourth-order valence-corrected chi connectivity index (χ4v) is 1.27. The predicted octanol–water partition coefficient (Wildman–Crippen LogP) is -1.03. The molecule has 4 atom stereocenters. The highest BCUT2D eigenvalue weighted by Crippen LogP contribution is 2.19. The Morgan fingerprint density at radius 3 is 2.58 bits per heavy atom. The van der Waals surface area contributed by atoms with Crippen LogP contribution in [0.2, 0.25) is 0 Å². The van der Waals surface area contributed by atoms with Crippen molar-refractivity contribution in [2.45, 2.75) is 37.8 Å². The second-order valence-electron chi connectivity index (χ2n) is 3.00. The summed E-state index contributed by atoms with van der Waals surface area (Å²) in [4.78, 5) is 10.5. The number of hydrogen-bond donors (Lipinski definition) is 3. The van der Waals surface area contributed by atoms with Gasteiger partial charge in [-0.05, 0) is 6.92 Å². The Hall–Kier alpha value is -0.650. The number of hydrogen-bond acceptors (Lipinski definition) is 4. The van der Waals surface area contributed by atoms with E-state index in [1.807, 2.05) is 0 Å². The third kappa shape index (κ3) is 1.74. The van der Waals surface area contributed by atoms with Crippen molar-refractivity contribution in [3.8, 4) is 0 Å². The molecule has 1 aliphatic heterocycles. The first kappa shape index (κ1) is 9.44. The second-order valence-corrected chi connectivity index (χ2v) is 3.00. The lowest BCUT2D eigenvalue weighted by atomic mass is 9.99. The molecule has 1 fully saturated rings. The van der Waals surface area contributed by atoms with E-state index in [9.17, 15) is 9.90 Å². The molecular weight excluding hydrogens is 164 g/mol. The molecule has 0 amide bonds. The Kier molecular flexibility index (Phi) is 2.66. The molecule has 1 rings (SSSR count). The monoisotopic (exact) mass is 176 g/mol. The van der Waals surface area contributed by atoms with Crippen LogP contribution in [0.4, 0.5) is 0 Å². The van der Waals surface area contributed by atoms with Crippen LogP contribution in [0, 0.1) is 0 Å². The van der Waals surface area contributed by atoms with E-state index in [2.05, 4.69) is 0 Å². The standard InChI is InChI=1S/C7H12O5/c1-3-2-4(8)5(9)6(12-3)7(10)11/h3-6,8-9H,2H2,1H3,(H,10,11)/t3-,4?,5+,6?/m1/s1. The molecule has 1 heterocycles. The smallest absolute Gasteiger partial charge is 0.335 e. The van der Waals surface area contributed by atoms with Gasteiger partial charge < -0.3 is 20.1 Å². The first-order chi connectivity index (χ1) is 5.52. The Balaban J connectivity index is 2.66. The van der Waals surface area contributed by atoms with E-state index >= 15 is 0 Å². The topological polar surface area (TPSA) is 87.0 Å². The SMILES string of the molecule is C[C@@H]1CC(O)[C@H](O)C(C(=O)O)O1. The third-order valence-electron chi connectivity index (χ3n) is 1.90. The zero-order valence-corrected chi connectivity index (χ0v) is 6.67. The molecule has 0 aromatic carbocycles. The molecule has 0 bridgehead atoms. The maximum absolute atomic E-state index is 10.5. The van der Waals surface area contributed by atoms with Crippen LogP contribution in [0.3, 0.4) is 0 Å². The van der Waals surface area contributed by atoms with Gasteiger partial charge in [0, 0.05) is 6.42 Å². The van der Waals surface area contributed by atoms with Gasteiger partial charge in [-0.15, -0.1) is 0 Å². The molecule has 3 N–H and O–H groups in total. The Morgan fingerprint density at radius 2 is 2.08 bits per heavy atom. The number of aliphatic hydroxyl groups is 2. The molecule has 0 aliphatic carbocycles. The Morgan fingerprint density at radius 1 is 1.50 bits per heavy atom. The van der Waals surface area contributed by atoms with Gasteiger partial charge in [0.05, 0.1) is 12.2 Å². The highest BCUT2D eigenvalue weighted by atomic mass is 16.5. The van der Waals surface area contributed by atoms with Crippen molar-refractivity contribution in [1.29, 1.82) is 0 Å². The lowest BCUT2D eigenvalue weighted by molar-refractivity contribution is -0.190. The minimum atomic E-state index is -1.32. The van der Waals surface area contributed by atoms with Crippen LogP contribution in [0.15, 0.2) is 0 Å². The van der Waals surface area contributed by atoms with Gasteiger partial charge in [0.2, 0.25) is 0 Å². The number of ether oxygens (including phenoxy) is 1. The van der Waals surface area contributed by atoms with E-state index in [0.717, 1.165) is 0 Å². The summed E-state index contributed by atoms with van der Waals surface area (Å²) in [5.41, 5.74) is 0. The van der Waals surface area contributed by atoms with Crippen molar-refractivity contribution in [3.63, 3.8) is 0 Å². The van der Waals surface area contributed by atoms with Gasteiger partial charge in [-0.3, -0.25) is 0 Å². The van der Waals surface area contributed by atoms with E-state index in [4.69, 9.17) is 14.9 Å². The molecule has 2 unspecified atom stereocenters. The second kappa shape index (κ2) is 3.38. The maximum atomic E-state index is 10.5. The van der Waals surface area contributed by atoms with Crippen LogP contribution in [0.25, 0.3) is 0 Å². The summed E-state index contributed by atoms with van der Waals surface area (Å²) >= 11 is 0. The zero-order valence-electron chi connectivity index (χ0n) is 6.67. The lowest BCUT2D eigenvalue weighted by Gasteiger charge is -2.33. The van der Waals surface area contributed by atoms with E-state index in [0.29, 0.717) is 0 Å². The number of aliphatic hydroxyl groups excluding tert-OH is 2. The molecule has 0 saturated carbocycles. The van der Waals surface area contributed by atoms with Crippen LogP contribution in [-0.2, 0) is 9.53 Å². The van der Waals surface area contributed by atoms with Gasteiger partial charge in [0.25, 0.3) is 0 Å². The molecule has 0 aromatic rings. The number of aliphatic carboxylic acids is 1. The average Bonchev–Trinajstić information content (AvgIpc) is 1.96. The van der Waals surface area contributed by atoms with Crippen molar-refractivity contribution in [2.24, 2.45) is 0 Å². The summed E-state index contributed by atoms with van der Waals surface area (Å²) in [6.07, 6.45) is -3.69. The summed E-state index contributed by atoms with van der Waals surface area (Å²) in [5, 5.41) is 26.9. The number of rotatable bonds is 1. The predicted molar refractivity (Wildman–Crippen MR) is 38.6 cm³/mol. The van der Waals surface area contributed by atoms with Gasteiger partial charge in [-0.1, -0.05) is 0 Å². The van der Waals surface area contributed by atoms with Crippen molar-refractivity contribution < 1.29 is 24.9 Å². The molecule has 12 heavy (non-hydrogen) atoms. The number of carboxylic acids is 1. The van der Waals surface area contributed by atoms with Crippen LogP contribution in [-0.4, -0.2) is 45.7 Å². The number of carbonyl (C=O) groups is 1. The summed E-state index contributed by atoms with van der Waals surface area (Å²) in [5.74, 6) is -1.24. The summed E-state index contributed by atoms with van der Waals surface area (Å²) in [6.45, 7) is 1.66. The van der Waals surface area contributed by atoms with Crippen molar-refractivity contribution in [3.05, 3.63) is 0 Å². The molecule has 1 saturated heterocycles. The molecule has 0 radical (unpaired) electrons. The fraction of sp³-hybridized carbons (Fsp3) is 0.857. The van der Waals surface area contributed by atoms with Crippen LogP contribution in [0.1, 0.15) is 13.3 Å². The van der Waals surface area contributed by atoms with Crippen molar-refractivity contribution >= 4 is 5.97 Å². The van der Waals surface area contributed by atoms with Crippen LogP contribution < -0.4 is 0 Å². The molecule has 0 spiro atoms. The van der Waals surface area contributed by atoms with Gasteiger partial charge in [-0.25, -0.2) is 4.79 Å². The summed E-state index contributed by atoms with van der Waals surface area (Å²) < 4.78 is 4.92. The van der Waals surface area contributed by atoms with Gasteiger partial charge >= 0.3 is 5.97 Å². The van der Waals surface area contributed by atoms with Gasteiger partial charge in [0.15, 0.2) is 6.10 Å². The first-order valence-corrected chi connectivity index (χ1v) is 3.76. The van der Waals surface area contributed by atoms with Crippen molar-refractivity contribution in [1.82, 2.24) is 0 Å². The first-order valence-electron chi connectivity index (χ1n) is 3.76. The van der Waals surface area contributed by atoms with Gasteiger partial charge in [0.1, 0.15) is 6.10 Å². The minimum absolute atomic E-state index is 0.269. The van der Waals surface area contributed by atoms with Crippen LogP contribution >= 0.6 is 0 Å². The van der Waals surface area contributed by atoms with Crippen molar-refractivity contribution in [2.75, 3.05) is 0 Å². The fourth-order valence-electron chi connectivity index (χ4n) is 1.27. The lowest BCUT2D eigenvalue weighted by Crippen LogP contribution is -2.51. The maximum Gasteiger partial charge on any atom is 0.335 e. The minimum Gasteiger partial charge on any atom is -0.479 e. The summed E-state index contributed by atoms with van der Waals surface area (Å²) in [6, 6.07) is 0. The summed E-state index contributed by atoms with van der Waals surface area (Å²) in [7, 11) is 0. The Labute approximate surface area is 69.6 Å². The number of carboxylic acid groups (broad SMARTS) is 1. The van der Waals surface area contributed by atoms with E-state index < -0.39 is 24.3 Å². The van der Waals surface area contributed by atoms with E-state index in [1.54, 1.807) is 6.92 Å². The quantitative estimate of drug-likeness (QED) is 0.475. The Bertz CT molecular complexity index is 181. The molecular formula is C7H12O5. The molecule has 1 aliphatic rings. The molecule has 0 aromatic heterocycles. The largest absolute Gasteiger partial charge is 0.479 e. The van der Waals surface area contributed by atoms with Crippen LogP contribution in [0.5, 0.6) is 0 Å². The van der Waals surface area contributed by atoms with E-state index in [1.165, 1.54) is 0 Å². The molecule has 5 nitrogen and oxygen atoms in total. The highest BCUT2D eigenvalue weighted by Gasteiger charge is 2.39. The third-order valence-corrected chi connectivity index (χ3v) is 1.90. The zero-order chi connectivity index (χ0) is 9.30. The normalized spacial score (nSPS) is 42.6. The van der Waals surface area contributed by atoms with E-state index in [-0.39, 0.29) is 12.5 Å². The molecule has 5 heteroatoms. The average molecular weight is 176 g/mol. The van der Waals surface area contributed by atoms with Gasteiger partial charge in [-0.2, -0.15) is 0 Å². The highest BCUT2D eigenvalue weighted by molar-refractivity contribution is 5.73. The molecule has 70 valence electrons.